The largest absolute Gasteiger partial charge is 0.342 e. The molecule has 0 N–H and O–H groups in total. The summed E-state index contributed by atoms with van der Waals surface area (Å²) >= 11 is 0. The van der Waals surface area contributed by atoms with Gasteiger partial charge in [0.15, 0.2) is 0 Å². The zero-order valence-electron chi connectivity index (χ0n) is 19.4. The smallest absolute Gasteiger partial charge is 0.243 e. The van der Waals surface area contributed by atoms with Crippen molar-refractivity contribution in [1.29, 1.82) is 5.26 Å². The van der Waals surface area contributed by atoms with Gasteiger partial charge in [-0.3, -0.25) is 14.5 Å². The number of amides is 2. The van der Waals surface area contributed by atoms with Crippen molar-refractivity contribution in [1.82, 2.24) is 19.0 Å². The minimum atomic E-state index is -3.64. The van der Waals surface area contributed by atoms with Crippen molar-refractivity contribution in [3.63, 3.8) is 0 Å². The number of carbonyl (C=O) groups excluding carboxylic acids is 2. The van der Waals surface area contributed by atoms with Gasteiger partial charge in [-0.15, -0.1) is 0 Å². The molecular weight excluding hydrogens is 442 g/mol. The Morgan fingerprint density at radius 1 is 1.00 bits per heavy atom. The van der Waals surface area contributed by atoms with Crippen LogP contribution < -0.4 is 0 Å². The number of hydrogen-bond acceptors (Lipinski definition) is 6. The number of sulfonamides is 1. The summed E-state index contributed by atoms with van der Waals surface area (Å²) in [7, 11) is -3.64. The molecule has 3 rings (SSSR count). The van der Waals surface area contributed by atoms with Crippen molar-refractivity contribution >= 4 is 21.8 Å². The molecule has 180 valence electrons. The van der Waals surface area contributed by atoms with E-state index in [1.165, 1.54) is 28.6 Å². The SMILES string of the molecule is CCN(CC)C(=O)CN1CCN(C(=O)C2CCN(S(=O)(=O)c3ccc(C#N)cc3)CC2)CC1. The van der Waals surface area contributed by atoms with E-state index in [-0.39, 0.29) is 22.6 Å². The highest BCUT2D eigenvalue weighted by Crippen LogP contribution is 2.25. The van der Waals surface area contributed by atoms with Crippen LogP contribution in [0.5, 0.6) is 0 Å². The molecule has 0 aromatic heterocycles. The lowest BCUT2D eigenvalue weighted by Gasteiger charge is -2.38. The van der Waals surface area contributed by atoms with Gasteiger partial charge >= 0.3 is 0 Å². The van der Waals surface area contributed by atoms with Crippen molar-refractivity contribution in [3.8, 4) is 6.07 Å². The van der Waals surface area contributed by atoms with Gasteiger partial charge in [0.2, 0.25) is 21.8 Å². The Labute approximate surface area is 196 Å². The van der Waals surface area contributed by atoms with Gasteiger partial charge in [-0.2, -0.15) is 9.57 Å². The van der Waals surface area contributed by atoms with Crippen LogP contribution in [0.2, 0.25) is 0 Å². The first kappa shape index (κ1) is 25.1. The van der Waals surface area contributed by atoms with Gasteiger partial charge in [0.05, 0.1) is 23.1 Å². The summed E-state index contributed by atoms with van der Waals surface area (Å²) in [5, 5.41) is 8.90. The van der Waals surface area contributed by atoms with Crippen LogP contribution in [0.4, 0.5) is 0 Å². The summed E-state index contributed by atoms with van der Waals surface area (Å²) in [4.78, 5) is 31.3. The number of piperidine rings is 1. The standard InChI is InChI=1S/C23H33N5O4S/c1-3-26(4-2)22(29)18-25-13-15-27(16-14-25)23(30)20-9-11-28(12-10-20)33(31,32)21-7-5-19(17-24)6-8-21/h5-8,20H,3-4,9-16,18H2,1-2H3. The lowest BCUT2D eigenvalue weighted by Crippen LogP contribution is -2.53. The van der Waals surface area contributed by atoms with Gasteiger partial charge < -0.3 is 9.80 Å². The molecule has 10 heteroatoms. The number of carbonyl (C=O) groups is 2. The first-order chi connectivity index (χ1) is 15.8. The Balaban J connectivity index is 1.49. The fraction of sp³-hybridized carbons (Fsp3) is 0.609. The van der Waals surface area contributed by atoms with E-state index in [1.54, 1.807) is 0 Å². The average molecular weight is 476 g/mol. The first-order valence-corrected chi connectivity index (χ1v) is 13.0. The highest BCUT2D eigenvalue weighted by atomic mass is 32.2. The highest BCUT2D eigenvalue weighted by molar-refractivity contribution is 7.89. The number of nitrogens with zero attached hydrogens (tertiary/aromatic N) is 5. The van der Waals surface area contributed by atoms with E-state index in [4.69, 9.17) is 5.26 Å². The maximum Gasteiger partial charge on any atom is 0.243 e. The fourth-order valence-electron chi connectivity index (χ4n) is 4.45. The van der Waals surface area contributed by atoms with Crippen LogP contribution in [-0.4, -0.2) is 98.1 Å². The predicted molar refractivity (Wildman–Crippen MR) is 124 cm³/mol. The minimum Gasteiger partial charge on any atom is -0.342 e. The van der Waals surface area contributed by atoms with Crippen LogP contribution in [-0.2, 0) is 19.6 Å². The summed E-state index contributed by atoms with van der Waals surface area (Å²) in [6.07, 6.45) is 0.990. The normalized spacial score (nSPS) is 18.6. The third-order valence-corrected chi connectivity index (χ3v) is 8.50. The molecule has 2 saturated heterocycles. The summed E-state index contributed by atoms with van der Waals surface area (Å²) < 4.78 is 27.2. The van der Waals surface area contributed by atoms with Crippen LogP contribution in [0.1, 0.15) is 32.3 Å². The zero-order valence-corrected chi connectivity index (χ0v) is 20.3. The number of rotatable bonds is 7. The Bertz CT molecular complexity index is 969. The summed E-state index contributed by atoms with van der Waals surface area (Å²) in [6, 6.07) is 7.89. The molecule has 9 nitrogen and oxygen atoms in total. The maximum atomic E-state index is 13.0. The van der Waals surface area contributed by atoms with Crippen LogP contribution in [0, 0.1) is 17.2 Å². The Morgan fingerprint density at radius 3 is 2.09 bits per heavy atom. The average Bonchev–Trinajstić information content (AvgIpc) is 2.85. The second-order valence-corrected chi connectivity index (χ2v) is 10.4. The van der Waals surface area contributed by atoms with Gasteiger partial charge in [0.1, 0.15) is 0 Å². The molecule has 0 spiro atoms. The topological polar surface area (TPSA) is 105 Å². The maximum absolute atomic E-state index is 13.0. The quantitative estimate of drug-likeness (QED) is 0.582. The second-order valence-electron chi connectivity index (χ2n) is 8.48. The number of likely N-dealkylation sites (N-methyl/N-ethyl adjacent to an activating group) is 1. The third-order valence-electron chi connectivity index (χ3n) is 6.58. The molecule has 2 aliphatic heterocycles. The molecule has 2 fully saturated rings. The van der Waals surface area contributed by atoms with Gasteiger partial charge in [-0.05, 0) is 51.0 Å². The van der Waals surface area contributed by atoms with E-state index in [0.717, 1.165) is 0 Å². The van der Waals surface area contributed by atoms with Crippen molar-refractivity contribution in [2.24, 2.45) is 5.92 Å². The Kier molecular flexibility index (Phi) is 8.46. The van der Waals surface area contributed by atoms with Gasteiger partial charge in [-0.1, -0.05) is 0 Å². The van der Waals surface area contributed by atoms with Gasteiger partial charge in [0, 0.05) is 58.3 Å². The molecular formula is C23H33N5O4S. The molecule has 33 heavy (non-hydrogen) atoms. The van der Waals surface area contributed by atoms with Crippen molar-refractivity contribution < 1.29 is 18.0 Å². The van der Waals surface area contributed by atoms with Crippen LogP contribution >= 0.6 is 0 Å². The number of nitriles is 1. The Morgan fingerprint density at radius 2 is 1.58 bits per heavy atom. The molecule has 1 aromatic carbocycles. The summed E-state index contributed by atoms with van der Waals surface area (Å²) in [5.41, 5.74) is 0.413. The zero-order chi connectivity index (χ0) is 24.0. The molecule has 0 bridgehead atoms. The lowest BCUT2D eigenvalue weighted by molar-refractivity contribution is -0.139. The van der Waals surface area contributed by atoms with E-state index in [9.17, 15) is 18.0 Å². The molecule has 0 aliphatic carbocycles. The van der Waals surface area contributed by atoms with Crippen LogP contribution in [0.25, 0.3) is 0 Å². The number of benzene rings is 1. The third kappa shape index (κ3) is 5.91. The van der Waals surface area contributed by atoms with E-state index >= 15 is 0 Å². The molecule has 2 aliphatic rings. The van der Waals surface area contributed by atoms with Gasteiger partial charge in [-0.25, -0.2) is 8.42 Å². The van der Waals surface area contributed by atoms with E-state index in [1.807, 2.05) is 29.7 Å². The molecule has 2 amide bonds. The Hall–Kier alpha value is -2.48. The molecule has 1 aromatic rings. The fourth-order valence-corrected chi connectivity index (χ4v) is 5.92. The highest BCUT2D eigenvalue weighted by Gasteiger charge is 2.34. The lowest BCUT2D eigenvalue weighted by atomic mass is 9.96. The second kappa shape index (κ2) is 11.1. The number of piperazine rings is 1. The van der Waals surface area contributed by atoms with E-state index in [0.29, 0.717) is 77.3 Å². The van der Waals surface area contributed by atoms with Crippen LogP contribution in [0.15, 0.2) is 29.2 Å². The molecule has 0 saturated carbocycles. The molecule has 0 atom stereocenters. The predicted octanol–water partition coefficient (Wildman–Crippen LogP) is 0.972. The minimum absolute atomic E-state index is 0.0835. The van der Waals surface area contributed by atoms with Crippen molar-refractivity contribution in [3.05, 3.63) is 29.8 Å². The molecule has 0 radical (unpaired) electrons. The first-order valence-electron chi connectivity index (χ1n) is 11.6. The van der Waals surface area contributed by atoms with Gasteiger partial charge in [0.25, 0.3) is 0 Å². The number of hydrogen-bond donors (Lipinski definition) is 0. The van der Waals surface area contributed by atoms with Crippen molar-refractivity contribution in [2.75, 3.05) is 58.9 Å². The van der Waals surface area contributed by atoms with Crippen LogP contribution in [0.3, 0.4) is 0 Å². The molecule has 0 unspecified atom stereocenters. The molecule has 2 heterocycles. The van der Waals surface area contributed by atoms with Crippen molar-refractivity contribution in [2.45, 2.75) is 31.6 Å². The van der Waals surface area contributed by atoms with E-state index < -0.39 is 10.0 Å². The monoisotopic (exact) mass is 475 g/mol. The summed E-state index contributed by atoms with van der Waals surface area (Å²) in [6.45, 7) is 8.86. The summed E-state index contributed by atoms with van der Waals surface area (Å²) in [5.74, 6) is 0.0250. The van der Waals surface area contributed by atoms with E-state index in [2.05, 4.69) is 4.90 Å².